The van der Waals surface area contributed by atoms with Gasteiger partial charge in [0.1, 0.15) is 0 Å². The van der Waals surface area contributed by atoms with Crippen molar-refractivity contribution in [1.82, 2.24) is 9.97 Å². The Morgan fingerprint density at radius 2 is 2.13 bits per heavy atom. The molecule has 0 amide bonds. The molecule has 0 spiro atoms. The molecule has 0 aliphatic heterocycles. The molecular formula is C13H12N2. The highest BCUT2D eigenvalue weighted by atomic mass is 14.9. The van der Waals surface area contributed by atoms with Crippen LogP contribution in [0.5, 0.6) is 0 Å². The van der Waals surface area contributed by atoms with Crippen LogP contribution in [0.25, 0.3) is 11.6 Å². The molecule has 74 valence electrons. The van der Waals surface area contributed by atoms with Gasteiger partial charge in [0.25, 0.3) is 0 Å². The molecule has 1 aromatic heterocycles. The zero-order valence-corrected chi connectivity index (χ0v) is 8.57. The van der Waals surface area contributed by atoms with Crippen molar-refractivity contribution >= 4 is 11.6 Å². The van der Waals surface area contributed by atoms with Crippen molar-refractivity contribution in [3.05, 3.63) is 53.6 Å². The van der Waals surface area contributed by atoms with Crippen LogP contribution in [0.15, 0.2) is 36.8 Å². The summed E-state index contributed by atoms with van der Waals surface area (Å²) in [7, 11) is 0. The van der Waals surface area contributed by atoms with Crippen molar-refractivity contribution in [3.8, 4) is 0 Å². The minimum absolute atomic E-state index is 0.405. The largest absolute Gasteiger partial charge is 0.348 e. The predicted molar refractivity (Wildman–Crippen MR) is 61.3 cm³/mol. The van der Waals surface area contributed by atoms with Gasteiger partial charge in [-0.05, 0) is 22.8 Å². The van der Waals surface area contributed by atoms with Crippen molar-refractivity contribution in [2.75, 3.05) is 0 Å². The van der Waals surface area contributed by atoms with Crippen molar-refractivity contribution in [1.29, 1.82) is 0 Å². The van der Waals surface area contributed by atoms with Gasteiger partial charge in [-0.1, -0.05) is 31.2 Å². The van der Waals surface area contributed by atoms with E-state index in [4.69, 9.17) is 0 Å². The van der Waals surface area contributed by atoms with Crippen LogP contribution >= 0.6 is 0 Å². The second-order valence-electron chi connectivity index (χ2n) is 3.92. The smallest absolute Gasteiger partial charge is 0.0921 e. The Hall–Kier alpha value is -1.83. The van der Waals surface area contributed by atoms with E-state index >= 15 is 0 Å². The summed E-state index contributed by atoms with van der Waals surface area (Å²) in [4.78, 5) is 7.22. The van der Waals surface area contributed by atoms with Crippen LogP contribution in [0.4, 0.5) is 0 Å². The van der Waals surface area contributed by atoms with Gasteiger partial charge in [0.15, 0.2) is 0 Å². The normalized spacial score (nSPS) is 15.1. The highest BCUT2D eigenvalue weighted by Gasteiger charge is 2.22. The summed E-state index contributed by atoms with van der Waals surface area (Å²) in [6.07, 6.45) is 5.88. The maximum absolute atomic E-state index is 4.06. The zero-order chi connectivity index (χ0) is 10.3. The van der Waals surface area contributed by atoms with Gasteiger partial charge >= 0.3 is 0 Å². The number of H-pyrrole nitrogens is 1. The summed E-state index contributed by atoms with van der Waals surface area (Å²) < 4.78 is 0. The summed E-state index contributed by atoms with van der Waals surface area (Å²) in [6, 6.07) is 8.49. The average Bonchev–Trinajstić information content (AvgIpc) is 2.72. The van der Waals surface area contributed by atoms with Gasteiger partial charge in [-0.2, -0.15) is 0 Å². The third-order valence-corrected chi connectivity index (χ3v) is 3.04. The van der Waals surface area contributed by atoms with Gasteiger partial charge in [-0.3, -0.25) is 0 Å². The molecule has 3 rings (SSSR count). The van der Waals surface area contributed by atoms with Crippen LogP contribution in [0.2, 0.25) is 0 Å². The molecule has 1 aliphatic carbocycles. The second-order valence-corrected chi connectivity index (χ2v) is 3.92. The van der Waals surface area contributed by atoms with Crippen molar-refractivity contribution in [3.63, 3.8) is 0 Å². The second kappa shape index (κ2) is 3.09. The number of fused-ring (bicyclic) bond motifs is 1. The molecule has 0 saturated heterocycles. The maximum atomic E-state index is 4.06. The van der Waals surface area contributed by atoms with Crippen LogP contribution in [-0.2, 0) is 0 Å². The number of aromatic amines is 1. The standard InChI is InChI=1S/C13H12N2/c1-9(13-7-14-8-15-13)12-6-10-4-2-3-5-11(10)12/h2-9H,1H3,(H,14,15). The SMILES string of the molecule is CC(C1=Cc2ccccc21)c1cnc[nH]1. The van der Waals surface area contributed by atoms with E-state index in [9.17, 15) is 0 Å². The summed E-state index contributed by atoms with van der Waals surface area (Å²) in [6.45, 7) is 2.20. The molecule has 1 aliphatic rings. The lowest BCUT2D eigenvalue weighted by atomic mass is 9.80. The first-order valence-corrected chi connectivity index (χ1v) is 5.15. The van der Waals surface area contributed by atoms with E-state index in [1.54, 1.807) is 6.33 Å². The van der Waals surface area contributed by atoms with Crippen molar-refractivity contribution < 1.29 is 0 Å². The number of aromatic nitrogens is 2. The number of nitrogens with one attached hydrogen (secondary N) is 1. The van der Waals surface area contributed by atoms with Gasteiger partial charge in [0.05, 0.1) is 6.33 Å². The Morgan fingerprint density at radius 1 is 1.27 bits per heavy atom. The summed E-state index contributed by atoms with van der Waals surface area (Å²) >= 11 is 0. The fourth-order valence-electron chi connectivity index (χ4n) is 2.08. The maximum Gasteiger partial charge on any atom is 0.0921 e. The molecule has 1 N–H and O–H groups in total. The van der Waals surface area contributed by atoms with Crippen LogP contribution in [-0.4, -0.2) is 9.97 Å². The first-order valence-electron chi connectivity index (χ1n) is 5.15. The van der Waals surface area contributed by atoms with E-state index in [0.29, 0.717) is 5.92 Å². The number of hydrogen-bond donors (Lipinski definition) is 1. The lowest BCUT2D eigenvalue weighted by molar-refractivity contribution is 0.938. The fourth-order valence-corrected chi connectivity index (χ4v) is 2.08. The molecule has 0 bridgehead atoms. The monoisotopic (exact) mass is 196 g/mol. The van der Waals surface area contributed by atoms with E-state index in [2.05, 4.69) is 47.2 Å². The molecule has 1 unspecified atom stereocenters. The van der Waals surface area contributed by atoms with E-state index < -0.39 is 0 Å². The third kappa shape index (κ3) is 1.22. The summed E-state index contributed by atoms with van der Waals surface area (Å²) in [5.74, 6) is 0.405. The first kappa shape index (κ1) is 8.48. The van der Waals surface area contributed by atoms with E-state index in [-0.39, 0.29) is 0 Å². The third-order valence-electron chi connectivity index (χ3n) is 3.04. The molecule has 2 heteroatoms. The number of imidazole rings is 1. The Kier molecular flexibility index (Phi) is 1.75. The summed E-state index contributed by atoms with van der Waals surface area (Å²) in [5, 5.41) is 0. The number of allylic oxidation sites excluding steroid dienone is 1. The lowest BCUT2D eigenvalue weighted by Gasteiger charge is -2.24. The van der Waals surface area contributed by atoms with Crippen LogP contribution < -0.4 is 0 Å². The molecule has 0 saturated carbocycles. The van der Waals surface area contributed by atoms with Crippen LogP contribution in [0.1, 0.15) is 29.7 Å². The Morgan fingerprint density at radius 3 is 2.87 bits per heavy atom. The average molecular weight is 196 g/mol. The van der Waals surface area contributed by atoms with E-state index in [0.717, 1.165) is 0 Å². The molecule has 0 radical (unpaired) electrons. The van der Waals surface area contributed by atoms with Crippen LogP contribution in [0.3, 0.4) is 0 Å². The summed E-state index contributed by atoms with van der Waals surface area (Å²) in [5.41, 5.74) is 5.30. The molecular weight excluding hydrogens is 184 g/mol. The molecule has 1 aromatic carbocycles. The Labute approximate surface area is 88.7 Å². The van der Waals surface area contributed by atoms with Gasteiger partial charge in [-0.25, -0.2) is 4.98 Å². The molecule has 1 atom stereocenters. The molecule has 2 nitrogen and oxygen atoms in total. The number of hydrogen-bond acceptors (Lipinski definition) is 1. The minimum Gasteiger partial charge on any atom is -0.348 e. The molecule has 0 fully saturated rings. The van der Waals surface area contributed by atoms with Gasteiger partial charge < -0.3 is 4.98 Å². The van der Waals surface area contributed by atoms with E-state index in [1.165, 1.54) is 22.4 Å². The van der Waals surface area contributed by atoms with Crippen molar-refractivity contribution in [2.45, 2.75) is 12.8 Å². The molecule has 15 heavy (non-hydrogen) atoms. The zero-order valence-electron chi connectivity index (χ0n) is 8.57. The number of benzene rings is 1. The van der Waals surface area contributed by atoms with Gasteiger partial charge in [-0.15, -0.1) is 0 Å². The van der Waals surface area contributed by atoms with Crippen LogP contribution in [0, 0.1) is 0 Å². The fraction of sp³-hybridized carbons (Fsp3) is 0.154. The van der Waals surface area contributed by atoms with Crippen molar-refractivity contribution in [2.24, 2.45) is 0 Å². The van der Waals surface area contributed by atoms with E-state index in [1.807, 2.05) is 6.20 Å². The topological polar surface area (TPSA) is 28.7 Å². The highest BCUT2D eigenvalue weighted by Crippen LogP contribution is 2.41. The Bertz CT molecular complexity index is 509. The molecule has 1 heterocycles. The van der Waals surface area contributed by atoms with Gasteiger partial charge in [0, 0.05) is 17.8 Å². The highest BCUT2D eigenvalue weighted by molar-refractivity contribution is 5.97. The minimum atomic E-state index is 0.405. The predicted octanol–water partition coefficient (Wildman–Crippen LogP) is 3.07. The quantitative estimate of drug-likeness (QED) is 0.785. The number of rotatable bonds is 2. The van der Waals surface area contributed by atoms with Gasteiger partial charge in [0.2, 0.25) is 0 Å². The Balaban J connectivity index is 1.94. The molecule has 2 aromatic rings. The lowest BCUT2D eigenvalue weighted by Crippen LogP contribution is -2.06. The number of nitrogens with zero attached hydrogens (tertiary/aromatic N) is 1. The first-order chi connectivity index (χ1) is 7.36.